The molecule has 2 heterocycles. The van der Waals surface area contributed by atoms with E-state index in [-0.39, 0.29) is 10.8 Å². The van der Waals surface area contributed by atoms with Crippen molar-refractivity contribution < 1.29 is 9.13 Å². The molecule has 5 heteroatoms. The SMILES string of the molecule is Cc1cc2c3c(c1)P(=O)(c1ccccc1)c1cc(C(C)(C)C)ccc1N3c1ccc(C(C)(C)C)cc1P2(=O)c1ccccc1. The average Bonchev–Trinajstić information content (AvgIpc) is 3.00. The van der Waals surface area contributed by atoms with Gasteiger partial charge in [-0.1, -0.05) is 114 Å². The molecule has 0 saturated heterocycles. The standard InChI is InChI=1S/C39H39NO2P2/c1-26-22-35-37-36(23-26)44(42,30-16-12-9-13-17-30)34-25-28(39(5,6)7)19-21-32(34)40(37)31-20-18-27(38(2,3)4)24-33(31)43(35,41)29-14-10-8-11-15-29/h8-25H,1-7H3. The Labute approximate surface area is 261 Å². The third-order valence-corrected chi connectivity index (χ3v) is 15.4. The van der Waals surface area contributed by atoms with Crippen molar-refractivity contribution in [2.45, 2.75) is 59.3 Å². The van der Waals surface area contributed by atoms with E-state index in [1.165, 1.54) is 0 Å². The molecule has 2 atom stereocenters. The first-order valence-corrected chi connectivity index (χ1v) is 18.7. The van der Waals surface area contributed by atoms with Gasteiger partial charge in [0.25, 0.3) is 0 Å². The quantitative estimate of drug-likeness (QED) is 0.185. The van der Waals surface area contributed by atoms with Crippen molar-refractivity contribution in [2.75, 3.05) is 4.90 Å². The molecule has 0 saturated carbocycles. The maximum Gasteiger partial charge on any atom is 0.175 e. The van der Waals surface area contributed by atoms with Crippen LogP contribution < -0.4 is 36.7 Å². The molecule has 44 heavy (non-hydrogen) atoms. The van der Waals surface area contributed by atoms with E-state index < -0.39 is 14.3 Å². The zero-order valence-corrected chi connectivity index (χ0v) is 28.3. The summed E-state index contributed by atoms with van der Waals surface area (Å²) in [5.41, 5.74) is 5.58. The molecule has 222 valence electrons. The molecule has 0 aliphatic carbocycles. The molecule has 2 unspecified atom stereocenters. The minimum Gasteiger partial charge on any atom is -0.308 e. The Kier molecular flexibility index (Phi) is 6.40. The fourth-order valence-corrected chi connectivity index (χ4v) is 13.1. The van der Waals surface area contributed by atoms with Gasteiger partial charge in [-0.25, -0.2) is 0 Å². The normalized spacial score (nSPS) is 20.5. The van der Waals surface area contributed by atoms with E-state index in [1.807, 2.05) is 67.6 Å². The highest BCUT2D eigenvalue weighted by atomic mass is 31.2. The van der Waals surface area contributed by atoms with Gasteiger partial charge in [0.2, 0.25) is 0 Å². The Morgan fingerprint density at radius 3 is 1.25 bits per heavy atom. The molecule has 5 aromatic carbocycles. The topological polar surface area (TPSA) is 37.4 Å². The summed E-state index contributed by atoms with van der Waals surface area (Å²) in [6.07, 6.45) is 0. The van der Waals surface area contributed by atoms with Crippen molar-refractivity contribution in [3.8, 4) is 0 Å². The van der Waals surface area contributed by atoms with Gasteiger partial charge in [0, 0.05) is 31.8 Å². The largest absolute Gasteiger partial charge is 0.308 e. The Hall–Kier alpha value is -3.64. The van der Waals surface area contributed by atoms with Crippen LogP contribution in [0.3, 0.4) is 0 Å². The Morgan fingerprint density at radius 2 is 0.886 bits per heavy atom. The highest BCUT2D eigenvalue weighted by molar-refractivity contribution is 7.88. The number of aryl methyl sites for hydroxylation is 1. The van der Waals surface area contributed by atoms with Crippen molar-refractivity contribution in [3.63, 3.8) is 0 Å². The molecular formula is C39H39NO2P2. The fourth-order valence-electron chi connectivity index (χ4n) is 6.77. The van der Waals surface area contributed by atoms with Crippen molar-refractivity contribution >= 4 is 63.2 Å². The lowest BCUT2D eigenvalue weighted by atomic mass is 9.86. The predicted octanol–water partition coefficient (Wildman–Crippen LogP) is 7.97. The van der Waals surface area contributed by atoms with Crippen molar-refractivity contribution in [2.24, 2.45) is 0 Å². The van der Waals surface area contributed by atoms with Gasteiger partial charge >= 0.3 is 0 Å². The fraction of sp³-hybridized carbons (Fsp3) is 0.231. The van der Waals surface area contributed by atoms with E-state index >= 15 is 9.13 Å². The van der Waals surface area contributed by atoms with E-state index in [0.717, 1.165) is 65.6 Å². The van der Waals surface area contributed by atoms with Crippen LogP contribution in [-0.2, 0) is 20.0 Å². The number of anilines is 3. The van der Waals surface area contributed by atoms with E-state index in [4.69, 9.17) is 0 Å². The van der Waals surface area contributed by atoms with Crippen LogP contribution >= 0.6 is 14.3 Å². The zero-order valence-electron chi connectivity index (χ0n) is 26.6. The first-order valence-electron chi connectivity index (χ1n) is 15.3. The maximum atomic E-state index is 16.1. The average molecular weight is 616 g/mol. The number of benzene rings is 5. The van der Waals surface area contributed by atoms with Gasteiger partial charge in [-0.05, 0) is 70.8 Å². The molecule has 2 aliphatic rings. The minimum atomic E-state index is -3.37. The molecule has 0 bridgehead atoms. The summed E-state index contributed by atoms with van der Waals surface area (Å²) in [5.74, 6) is 0. The molecule has 0 N–H and O–H groups in total. The van der Waals surface area contributed by atoms with Crippen LogP contribution in [0.15, 0.2) is 109 Å². The number of rotatable bonds is 2. The monoisotopic (exact) mass is 615 g/mol. The van der Waals surface area contributed by atoms with Crippen molar-refractivity contribution in [1.82, 2.24) is 0 Å². The lowest BCUT2D eigenvalue weighted by molar-refractivity contribution is 0.588. The van der Waals surface area contributed by atoms with Gasteiger partial charge < -0.3 is 14.0 Å². The predicted molar refractivity (Wildman–Crippen MR) is 189 cm³/mol. The summed E-state index contributed by atoms with van der Waals surface area (Å²) in [6.45, 7) is 15.2. The van der Waals surface area contributed by atoms with Crippen LogP contribution in [0, 0.1) is 6.92 Å². The number of hydrogen-bond donors (Lipinski definition) is 0. The number of fused-ring (bicyclic) bond motifs is 4. The first kappa shape index (κ1) is 29.1. The molecule has 0 spiro atoms. The summed E-state index contributed by atoms with van der Waals surface area (Å²) >= 11 is 0. The number of hydrogen-bond acceptors (Lipinski definition) is 3. The Morgan fingerprint density at radius 1 is 0.500 bits per heavy atom. The molecule has 3 nitrogen and oxygen atoms in total. The molecule has 2 aliphatic heterocycles. The van der Waals surface area contributed by atoms with Crippen LogP contribution in [-0.4, -0.2) is 0 Å². The second-order valence-corrected chi connectivity index (χ2v) is 19.7. The van der Waals surface area contributed by atoms with Crippen LogP contribution in [0.4, 0.5) is 17.1 Å². The maximum absolute atomic E-state index is 16.1. The van der Waals surface area contributed by atoms with Crippen LogP contribution in [0.25, 0.3) is 0 Å². The molecule has 5 aromatic rings. The summed E-state index contributed by atoms with van der Waals surface area (Å²) in [7, 11) is -6.74. The number of nitrogens with zero attached hydrogens (tertiary/aromatic N) is 1. The van der Waals surface area contributed by atoms with Crippen molar-refractivity contribution in [3.05, 3.63) is 126 Å². The molecule has 0 amide bonds. The van der Waals surface area contributed by atoms with Gasteiger partial charge in [-0.2, -0.15) is 0 Å². The Balaban J connectivity index is 1.68. The second kappa shape index (κ2) is 9.68. The van der Waals surface area contributed by atoms with Gasteiger partial charge in [-0.15, -0.1) is 0 Å². The van der Waals surface area contributed by atoms with Gasteiger partial charge in [0.05, 0.1) is 17.1 Å². The molecule has 0 radical (unpaired) electrons. The smallest absolute Gasteiger partial charge is 0.175 e. The summed E-state index contributed by atoms with van der Waals surface area (Å²) < 4.78 is 32.2. The van der Waals surface area contributed by atoms with E-state index in [0.29, 0.717) is 0 Å². The molecule has 7 rings (SSSR count). The molecule has 0 fully saturated rings. The van der Waals surface area contributed by atoms with Crippen LogP contribution in [0.2, 0.25) is 0 Å². The Bertz CT molecular complexity index is 1910. The third kappa shape index (κ3) is 4.09. The summed E-state index contributed by atoms with van der Waals surface area (Å²) in [6, 6.07) is 36.9. The van der Waals surface area contributed by atoms with E-state index in [9.17, 15) is 0 Å². The molecular weight excluding hydrogens is 576 g/mol. The first-order chi connectivity index (χ1) is 20.8. The van der Waals surface area contributed by atoms with Gasteiger partial charge in [-0.3, -0.25) is 0 Å². The van der Waals surface area contributed by atoms with Gasteiger partial charge in [0.1, 0.15) is 0 Å². The zero-order chi connectivity index (χ0) is 31.2. The minimum absolute atomic E-state index is 0.126. The summed E-state index contributed by atoms with van der Waals surface area (Å²) in [5, 5.41) is 4.79. The second-order valence-electron chi connectivity index (χ2n) is 14.3. The van der Waals surface area contributed by atoms with Crippen LogP contribution in [0.1, 0.15) is 58.2 Å². The highest BCUT2D eigenvalue weighted by Crippen LogP contribution is 2.61. The highest BCUT2D eigenvalue weighted by Gasteiger charge is 2.50. The molecule has 0 aromatic heterocycles. The van der Waals surface area contributed by atoms with Gasteiger partial charge in [0.15, 0.2) is 14.3 Å². The van der Waals surface area contributed by atoms with Crippen LogP contribution in [0.5, 0.6) is 0 Å². The summed E-state index contributed by atoms with van der Waals surface area (Å²) in [4.78, 5) is 2.26. The lowest BCUT2D eigenvalue weighted by Crippen LogP contribution is -2.46. The lowest BCUT2D eigenvalue weighted by Gasteiger charge is -2.45. The third-order valence-electron chi connectivity index (χ3n) is 9.20. The van der Waals surface area contributed by atoms with Crippen molar-refractivity contribution in [1.29, 1.82) is 0 Å². The van der Waals surface area contributed by atoms with E-state index in [2.05, 4.69) is 95.0 Å². The van der Waals surface area contributed by atoms with E-state index in [1.54, 1.807) is 0 Å².